The Labute approximate surface area is 89.8 Å². The Morgan fingerprint density at radius 3 is 3.00 bits per heavy atom. The molecular weight excluding hydrogens is 252 g/mol. The fraction of sp³-hybridized carbons (Fsp3) is 0.500. The highest BCUT2D eigenvalue weighted by Gasteiger charge is 2.24. The van der Waals surface area contributed by atoms with Gasteiger partial charge in [-0.3, -0.25) is 4.68 Å². The van der Waals surface area contributed by atoms with Crippen LogP contribution < -0.4 is 0 Å². The van der Waals surface area contributed by atoms with Gasteiger partial charge in [0.1, 0.15) is 0 Å². The van der Waals surface area contributed by atoms with E-state index in [1.165, 1.54) is 18.0 Å². The van der Waals surface area contributed by atoms with Crippen LogP contribution in [0.2, 0.25) is 0 Å². The van der Waals surface area contributed by atoms with Crippen LogP contribution in [0.15, 0.2) is 10.7 Å². The lowest BCUT2D eigenvalue weighted by atomic mass is 10.2. The van der Waals surface area contributed by atoms with Gasteiger partial charge in [0.05, 0.1) is 23.5 Å². The zero-order valence-corrected chi connectivity index (χ0v) is 9.48. The fourth-order valence-electron chi connectivity index (χ4n) is 1.12. The molecule has 0 saturated heterocycles. The number of carbonyl (C=O) groups excluding carboxylic acids is 1. The van der Waals surface area contributed by atoms with E-state index in [2.05, 4.69) is 25.8 Å². The Hall–Kier alpha value is -0.880. The summed E-state index contributed by atoms with van der Waals surface area (Å²) in [4.78, 5) is 11.1. The third-order valence-corrected chi connectivity index (χ3v) is 2.43. The van der Waals surface area contributed by atoms with Gasteiger partial charge in [0, 0.05) is 6.54 Å². The maximum absolute atomic E-state index is 11.1. The normalized spacial score (nSPS) is 12.6. The number of hydrogen-bond donors (Lipinski definition) is 1. The maximum Gasteiger partial charge on any atom is 0.341 e. The van der Waals surface area contributed by atoms with Crippen molar-refractivity contribution in [3.63, 3.8) is 0 Å². The molecule has 78 valence electrons. The van der Waals surface area contributed by atoms with Crippen molar-refractivity contribution in [2.45, 2.75) is 19.6 Å². The molecule has 0 aliphatic rings. The highest BCUT2D eigenvalue weighted by molar-refractivity contribution is 9.10. The quantitative estimate of drug-likeness (QED) is 0.822. The summed E-state index contributed by atoms with van der Waals surface area (Å²) in [5, 5.41) is 13.6. The summed E-state index contributed by atoms with van der Waals surface area (Å²) in [6.07, 6.45) is 0.238. The predicted molar refractivity (Wildman–Crippen MR) is 52.6 cm³/mol. The highest BCUT2D eigenvalue weighted by atomic mass is 79.9. The van der Waals surface area contributed by atoms with E-state index < -0.39 is 12.1 Å². The second-order valence-electron chi connectivity index (χ2n) is 2.62. The number of methoxy groups -OCH3 is 1. The highest BCUT2D eigenvalue weighted by Crippen LogP contribution is 2.23. The Bertz CT molecular complexity index is 337. The average Bonchev–Trinajstić information content (AvgIpc) is 2.57. The Balaban J connectivity index is 3.04. The van der Waals surface area contributed by atoms with Gasteiger partial charge < -0.3 is 9.84 Å². The molecule has 0 saturated carbocycles. The number of ether oxygens (including phenoxy) is 1. The number of esters is 1. The number of aromatic nitrogens is 2. The molecule has 1 rings (SSSR count). The number of nitrogens with zero attached hydrogens (tertiary/aromatic N) is 2. The van der Waals surface area contributed by atoms with Crippen LogP contribution in [0.1, 0.15) is 18.7 Å². The van der Waals surface area contributed by atoms with Crippen LogP contribution in [-0.2, 0) is 16.1 Å². The van der Waals surface area contributed by atoms with E-state index in [-0.39, 0.29) is 0 Å². The molecule has 0 aliphatic carbocycles. The van der Waals surface area contributed by atoms with Gasteiger partial charge in [-0.25, -0.2) is 4.79 Å². The van der Waals surface area contributed by atoms with E-state index in [1.807, 2.05) is 6.92 Å². The summed E-state index contributed by atoms with van der Waals surface area (Å²) in [5.74, 6) is -0.694. The summed E-state index contributed by atoms with van der Waals surface area (Å²) in [7, 11) is 1.23. The number of hydrogen-bond acceptors (Lipinski definition) is 4. The number of aliphatic hydroxyl groups is 1. The molecule has 1 heterocycles. The first-order valence-corrected chi connectivity index (χ1v) is 4.88. The van der Waals surface area contributed by atoms with Crippen molar-refractivity contribution in [3.8, 4) is 0 Å². The number of halogens is 1. The molecule has 1 aromatic rings. The predicted octanol–water partition coefficient (Wildman–Crippen LogP) is 0.872. The Morgan fingerprint density at radius 2 is 2.50 bits per heavy atom. The molecule has 0 radical (unpaired) electrons. The zero-order chi connectivity index (χ0) is 10.7. The SMILES string of the molecule is CCn1ncc(Br)c1C(O)C(=O)OC. The summed E-state index contributed by atoms with van der Waals surface area (Å²) >= 11 is 3.20. The van der Waals surface area contributed by atoms with Crippen LogP contribution in [-0.4, -0.2) is 28.0 Å². The van der Waals surface area contributed by atoms with Crippen LogP contribution in [0.5, 0.6) is 0 Å². The molecule has 1 atom stereocenters. The largest absolute Gasteiger partial charge is 0.467 e. The topological polar surface area (TPSA) is 64.3 Å². The molecule has 0 bridgehead atoms. The first-order valence-electron chi connectivity index (χ1n) is 4.08. The number of aliphatic hydroxyl groups excluding tert-OH is 1. The van der Waals surface area contributed by atoms with Crippen LogP contribution in [0.3, 0.4) is 0 Å². The second kappa shape index (κ2) is 4.56. The third-order valence-electron chi connectivity index (χ3n) is 1.82. The molecule has 0 fully saturated rings. The van der Waals surface area contributed by atoms with Crippen LogP contribution in [0.25, 0.3) is 0 Å². The molecule has 1 aromatic heterocycles. The minimum Gasteiger partial charge on any atom is -0.467 e. The first kappa shape index (κ1) is 11.2. The average molecular weight is 263 g/mol. The summed E-state index contributed by atoms with van der Waals surface area (Å²) in [6.45, 7) is 2.45. The molecule has 1 N–H and O–H groups in total. The van der Waals surface area contributed by atoms with Crippen molar-refractivity contribution >= 4 is 21.9 Å². The van der Waals surface area contributed by atoms with E-state index in [9.17, 15) is 9.90 Å². The molecule has 0 amide bonds. The van der Waals surface area contributed by atoms with Crippen molar-refractivity contribution in [2.24, 2.45) is 0 Å². The minimum atomic E-state index is -1.29. The molecule has 0 aliphatic heterocycles. The lowest BCUT2D eigenvalue weighted by molar-refractivity contribution is -0.151. The van der Waals surface area contributed by atoms with Gasteiger partial charge in [-0.2, -0.15) is 5.10 Å². The van der Waals surface area contributed by atoms with Gasteiger partial charge in [0.25, 0.3) is 0 Å². The summed E-state index contributed by atoms with van der Waals surface area (Å²) < 4.78 is 6.57. The van der Waals surface area contributed by atoms with Gasteiger partial charge >= 0.3 is 5.97 Å². The fourth-order valence-corrected chi connectivity index (χ4v) is 1.63. The molecule has 0 aromatic carbocycles. The van der Waals surface area contributed by atoms with Gasteiger partial charge in [0.15, 0.2) is 6.10 Å². The van der Waals surface area contributed by atoms with E-state index >= 15 is 0 Å². The standard InChI is InChI=1S/C8H11BrN2O3/c1-3-11-6(5(9)4-10-11)7(12)8(13)14-2/h4,7,12H,3H2,1-2H3. The molecular formula is C8H11BrN2O3. The lowest BCUT2D eigenvalue weighted by Gasteiger charge is -2.10. The zero-order valence-electron chi connectivity index (χ0n) is 7.90. The van der Waals surface area contributed by atoms with Crippen molar-refractivity contribution < 1.29 is 14.6 Å². The van der Waals surface area contributed by atoms with E-state index in [4.69, 9.17) is 0 Å². The van der Waals surface area contributed by atoms with Gasteiger partial charge in [-0.1, -0.05) is 0 Å². The minimum absolute atomic E-state index is 0.416. The monoisotopic (exact) mass is 262 g/mol. The smallest absolute Gasteiger partial charge is 0.341 e. The van der Waals surface area contributed by atoms with Gasteiger partial charge in [0.2, 0.25) is 0 Å². The van der Waals surface area contributed by atoms with Crippen molar-refractivity contribution in [1.29, 1.82) is 0 Å². The Kier molecular flexibility index (Phi) is 3.65. The van der Waals surface area contributed by atoms with E-state index in [0.717, 1.165) is 0 Å². The number of aryl methyl sites for hydroxylation is 1. The molecule has 14 heavy (non-hydrogen) atoms. The first-order chi connectivity index (χ1) is 6.61. The maximum atomic E-state index is 11.1. The molecule has 6 heteroatoms. The van der Waals surface area contributed by atoms with Gasteiger partial charge in [-0.15, -0.1) is 0 Å². The molecule has 5 nitrogen and oxygen atoms in total. The van der Waals surface area contributed by atoms with E-state index in [0.29, 0.717) is 16.7 Å². The summed E-state index contributed by atoms with van der Waals surface area (Å²) in [5.41, 5.74) is 0.416. The second-order valence-corrected chi connectivity index (χ2v) is 3.47. The number of carbonyl (C=O) groups is 1. The van der Waals surface area contributed by atoms with Crippen molar-refractivity contribution in [1.82, 2.24) is 9.78 Å². The summed E-state index contributed by atoms with van der Waals surface area (Å²) in [6, 6.07) is 0. The van der Waals surface area contributed by atoms with Crippen LogP contribution >= 0.6 is 15.9 Å². The van der Waals surface area contributed by atoms with Crippen LogP contribution in [0.4, 0.5) is 0 Å². The van der Waals surface area contributed by atoms with Crippen LogP contribution in [0, 0.1) is 0 Å². The number of rotatable bonds is 3. The van der Waals surface area contributed by atoms with E-state index in [1.54, 1.807) is 0 Å². The van der Waals surface area contributed by atoms with Gasteiger partial charge in [-0.05, 0) is 22.9 Å². The molecule has 0 spiro atoms. The third kappa shape index (κ3) is 1.96. The molecule has 1 unspecified atom stereocenters. The lowest BCUT2D eigenvalue weighted by Crippen LogP contribution is -2.18. The van der Waals surface area contributed by atoms with Crippen molar-refractivity contribution in [2.75, 3.05) is 7.11 Å². The van der Waals surface area contributed by atoms with Crippen molar-refractivity contribution in [3.05, 3.63) is 16.4 Å². The Morgan fingerprint density at radius 1 is 1.86 bits per heavy atom.